The lowest BCUT2D eigenvalue weighted by Gasteiger charge is -2.00. The second-order valence-electron chi connectivity index (χ2n) is 4.65. The van der Waals surface area contributed by atoms with E-state index in [1.807, 2.05) is 18.4 Å². The molecule has 0 spiro atoms. The summed E-state index contributed by atoms with van der Waals surface area (Å²) in [6.45, 7) is 3.25. The standard InChI is InChI=1S/C14H17NS/c1-9-12-6-10-4-3-5-11(10)7-13(12)16-14(9)8-15-2/h6-7,15H,3-5,8H2,1-2H3. The van der Waals surface area contributed by atoms with Crippen LogP contribution in [-0.2, 0) is 19.4 Å². The molecule has 1 N–H and O–H groups in total. The third-order valence-corrected chi connectivity index (χ3v) is 4.84. The van der Waals surface area contributed by atoms with Gasteiger partial charge in [-0.05, 0) is 67.4 Å². The summed E-state index contributed by atoms with van der Waals surface area (Å²) in [4.78, 5) is 1.49. The second kappa shape index (κ2) is 3.86. The van der Waals surface area contributed by atoms with E-state index >= 15 is 0 Å². The highest BCUT2D eigenvalue weighted by atomic mass is 32.1. The largest absolute Gasteiger partial charge is 0.315 e. The van der Waals surface area contributed by atoms with Gasteiger partial charge in [-0.15, -0.1) is 11.3 Å². The molecule has 0 bridgehead atoms. The summed E-state index contributed by atoms with van der Waals surface area (Å²) >= 11 is 1.95. The van der Waals surface area contributed by atoms with Gasteiger partial charge in [0.2, 0.25) is 0 Å². The molecule has 1 nitrogen and oxygen atoms in total. The molecule has 0 fully saturated rings. The van der Waals surface area contributed by atoms with Gasteiger partial charge in [-0.3, -0.25) is 0 Å². The average molecular weight is 231 g/mol. The molecule has 3 rings (SSSR count). The zero-order valence-corrected chi connectivity index (χ0v) is 10.7. The van der Waals surface area contributed by atoms with Gasteiger partial charge in [0.25, 0.3) is 0 Å². The first-order chi connectivity index (χ1) is 7.79. The number of hydrogen-bond acceptors (Lipinski definition) is 2. The Morgan fingerprint density at radius 3 is 2.75 bits per heavy atom. The van der Waals surface area contributed by atoms with Crippen molar-refractivity contribution in [2.24, 2.45) is 0 Å². The lowest BCUT2D eigenvalue weighted by molar-refractivity contribution is 0.827. The summed E-state index contributed by atoms with van der Waals surface area (Å²) in [5, 5.41) is 4.74. The Hall–Kier alpha value is -0.860. The quantitative estimate of drug-likeness (QED) is 0.835. The van der Waals surface area contributed by atoms with Crippen molar-refractivity contribution in [3.05, 3.63) is 33.7 Å². The lowest BCUT2D eigenvalue weighted by Crippen LogP contribution is -2.03. The molecule has 0 aliphatic heterocycles. The molecule has 0 saturated heterocycles. The van der Waals surface area contributed by atoms with E-state index in [1.165, 1.54) is 39.8 Å². The fourth-order valence-corrected chi connectivity index (χ4v) is 3.94. The van der Waals surface area contributed by atoms with Gasteiger partial charge in [0.05, 0.1) is 0 Å². The summed E-state index contributed by atoms with van der Waals surface area (Å²) in [5.74, 6) is 0. The maximum atomic E-state index is 3.25. The predicted molar refractivity (Wildman–Crippen MR) is 71.4 cm³/mol. The first-order valence-electron chi connectivity index (χ1n) is 5.98. The third-order valence-electron chi connectivity index (χ3n) is 3.59. The number of fused-ring (bicyclic) bond motifs is 2. The Kier molecular flexibility index (Phi) is 2.49. The van der Waals surface area contributed by atoms with Crippen molar-refractivity contribution in [1.82, 2.24) is 5.32 Å². The van der Waals surface area contributed by atoms with Crippen molar-refractivity contribution >= 4 is 21.4 Å². The monoisotopic (exact) mass is 231 g/mol. The van der Waals surface area contributed by atoms with Gasteiger partial charge < -0.3 is 5.32 Å². The SMILES string of the molecule is CNCc1sc2cc3c(cc2c1C)CCC3. The van der Waals surface area contributed by atoms with Crippen molar-refractivity contribution in [2.45, 2.75) is 32.7 Å². The van der Waals surface area contributed by atoms with Crippen LogP contribution in [0, 0.1) is 6.92 Å². The molecule has 16 heavy (non-hydrogen) atoms. The summed E-state index contributed by atoms with van der Waals surface area (Å²) < 4.78 is 1.48. The van der Waals surface area contributed by atoms with Crippen LogP contribution in [0.5, 0.6) is 0 Å². The van der Waals surface area contributed by atoms with Crippen LogP contribution >= 0.6 is 11.3 Å². The van der Waals surface area contributed by atoms with Crippen LogP contribution in [0.15, 0.2) is 12.1 Å². The Labute approximate surface area is 100 Å². The van der Waals surface area contributed by atoms with E-state index in [0.717, 1.165) is 6.54 Å². The molecule has 0 radical (unpaired) electrons. The molecule has 84 valence electrons. The lowest BCUT2D eigenvalue weighted by atomic mass is 10.1. The Bertz CT molecular complexity index is 539. The van der Waals surface area contributed by atoms with Crippen molar-refractivity contribution in [2.75, 3.05) is 7.05 Å². The molecule has 1 aromatic carbocycles. The highest BCUT2D eigenvalue weighted by Crippen LogP contribution is 2.35. The molecule has 1 aromatic heterocycles. The van der Waals surface area contributed by atoms with Crippen molar-refractivity contribution < 1.29 is 0 Å². The minimum atomic E-state index is 0.996. The molecule has 0 saturated carbocycles. The van der Waals surface area contributed by atoms with E-state index in [-0.39, 0.29) is 0 Å². The van der Waals surface area contributed by atoms with E-state index in [4.69, 9.17) is 0 Å². The van der Waals surface area contributed by atoms with Crippen molar-refractivity contribution in [1.29, 1.82) is 0 Å². The van der Waals surface area contributed by atoms with E-state index in [9.17, 15) is 0 Å². The Morgan fingerprint density at radius 2 is 2.00 bits per heavy atom. The maximum absolute atomic E-state index is 3.25. The molecular formula is C14H17NS. The fourth-order valence-electron chi connectivity index (χ4n) is 2.67. The van der Waals surface area contributed by atoms with Gasteiger partial charge >= 0.3 is 0 Å². The van der Waals surface area contributed by atoms with Gasteiger partial charge in [-0.2, -0.15) is 0 Å². The smallest absolute Gasteiger partial charge is 0.0351 e. The zero-order chi connectivity index (χ0) is 11.1. The predicted octanol–water partition coefficient (Wildman–Crippen LogP) is 3.42. The molecular weight excluding hydrogens is 214 g/mol. The zero-order valence-electron chi connectivity index (χ0n) is 9.89. The highest BCUT2D eigenvalue weighted by Gasteiger charge is 2.15. The van der Waals surface area contributed by atoms with E-state index in [2.05, 4.69) is 24.4 Å². The van der Waals surface area contributed by atoms with Crippen LogP contribution in [-0.4, -0.2) is 7.05 Å². The first kappa shape index (κ1) is 10.3. The number of nitrogens with one attached hydrogen (secondary N) is 1. The summed E-state index contributed by atoms with van der Waals surface area (Å²) in [5.41, 5.74) is 4.65. The fraction of sp³-hybridized carbons (Fsp3) is 0.429. The van der Waals surface area contributed by atoms with Gasteiger partial charge in [-0.25, -0.2) is 0 Å². The molecule has 2 heteroatoms. The van der Waals surface area contributed by atoms with E-state index in [1.54, 1.807) is 11.1 Å². The number of thiophene rings is 1. The van der Waals surface area contributed by atoms with Crippen LogP contribution < -0.4 is 5.32 Å². The summed E-state index contributed by atoms with van der Waals surface area (Å²) in [6.07, 6.45) is 3.90. The van der Waals surface area contributed by atoms with Crippen LogP contribution in [0.25, 0.3) is 10.1 Å². The van der Waals surface area contributed by atoms with Crippen LogP contribution in [0.4, 0.5) is 0 Å². The van der Waals surface area contributed by atoms with Gasteiger partial charge in [0, 0.05) is 16.1 Å². The second-order valence-corrected chi connectivity index (χ2v) is 5.79. The third kappa shape index (κ3) is 1.48. The number of hydrogen-bond donors (Lipinski definition) is 1. The molecule has 0 atom stereocenters. The van der Waals surface area contributed by atoms with Crippen LogP contribution in [0.2, 0.25) is 0 Å². The minimum Gasteiger partial charge on any atom is -0.315 e. The molecule has 0 amide bonds. The normalized spacial score (nSPS) is 14.6. The van der Waals surface area contributed by atoms with Crippen LogP contribution in [0.3, 0.4) is 0 Å². The molecule has 0 unspecified atom stereocenters. The summed E-state index contributed by atoms with van der Waals surface area (Å²) in [6, 6.07) is 4.86. The van der Waals surface area contributed by atoms with E-state index < -0.39 is 0 Å². The minimum absolute atomic E-state index is 0.996. The summed E-state index contributed by atoms with van der Waals surface area (Å²) in [7, 11) is 2.02. The molecule has 1 aliphatic carbocycles. The average Bonchev–Trinajstić information content (AvgIpc) is 2.83. The highest BCUT2D eigenvalue weighted by molar-refractivity contribution is 7.19. The Morgan fingerprint density at radius 1 is 1.25 bits per heavy atom. The van der Waals surface area contributed by atoms with E-state index in [0.29, 0.717) is 0 Å². The maximum Gasteiger partial charge on any atom is 0.0351 e. The van der Waals surface area contributed by atoms with Crippen LogP contribution in [0.1, 0.15) is 28.0 Å². The molecule has 1 aliphatic rings. The van der Waals surface area contributed by atoms with Crippen molar-refractivity contribution in [3.8, 4) is 0 Å². The Balaban J connectivity index is 2.20. The topological polar surface area (TPSA) is 12.0 Å². The number of rotatable bonds is 2. The van der Waals surface area contributed by atoms with Gasteiger partial charge in [0.1, 0.15) is 0 Å². The molecule has 1 heterocycles. The number of aryl methyl sites for hydroxylation is 3. The number of benzene rings is 1. The van der Waals surface area contributed by atoms with Gasteiger partial charge in [0.15, 0.2) is 0 Å². The van der Waals surface area contributed by atoms with Gasteiger partial charge in [-0.1, -0.05) is 0 Å². The van der Waals surface area contributed by atoms with Crippen molar-refractivity contribution in [3.63, 3.8) is 0 Å². The molecule has 2 aromatic rings. The first-order valence-corrected chi connectivity index (χ1v) is 6.79.